The second-order valence-corrected chi connectivity index (χ2v) is 4.74. The van der Waals surface area contributed by atoms with Gasteiger partial charge in [-0.05, 0) is 18.9 Å². The van der Waals surface area contributed by atoms with Gasteiger partial charge in [0.25, 0.3) is 5.56 Å². The molecule has 1 aliphatic rings. The number of anilines is 1. The van der Waals surface area contributed by atoms with Crippen LogP contribution in [0.5, 0.6) is 0 Å². The van der Waals surface area contributed by atoms with Crippen molar-refractivity contribution < 1.29 is 0 Å². The van der Waals surface area contributed by atoms with E-state index in [0.29, 0.717) is 5.95 Å². The first-order valence-electron chi connectivity index (χ1n) is 6.24. The van der Waals surface area contributed by atoms with Gasteiger partial charge < -0.3 is 10.2 Å². The average molecular weight is 236 g/mol. The molecule has 2 heterocycles. The molecule has 0 unspecified atom stereocenters. The number of hydrogen-bond donors (Lipinski definition) is 2. The number of H-pyrrole nitrogens is 1. The van der Waals surface area contributed by atoms with Crippen molar-refractivity contribution >= 4 is 5.95 Å². The number of rotatable bonds is 2. The molecule has 1 saturated heterocycles. The highest BCUT2D eigenvalue weighted by Gasteiger charge is 2.13. The predicted octanol–water partition coefficient (Wildman–Crippen LogP) is 0.693. The highest BCUT2D eigenvalue weighted by Crippen LogP contribution is 2.13. The van der Waals surface area contributed by atoms with Gasteiger partial charge in [0.05, 0.1) is 5.69 Å². The lowest BCUT2D eigenvalue weighted by atomic mass is 10.1. The van der Waals surface area contributed by atoms with E-state index in [1.54, 1.807) is 6.07 Å². The van der Waals surface area contributed by atoms with Crippen LogP contribution >= 0.6 is 0 Å². The monoisotopic (exact) mass is 236 g/mol. The van der Waals surface area contributed by atoms with E-state index in [-0.39, 0.29) is 11.5 Å². The molecule has 5 nitrogen and oxygen atoms in total. The van der Waals surface area contributed by atoms with Crippen molar-refractivity contribution in [3.05, 3.63) is 22.1 Å². The van der Waals surface area contributed by atoms with Crippen LogP contribution in [0.2, 0.25) is 0 Å². The Kier molecular flexibility index (Phi) is 3.78. The number of aromatic nitrogens is 2. The van der Waals surface area contributed by atoms with Crippen LogP contribution in [0.3, 0.4) is 0 Å². The largest absolute Gasteiger partial charge is 0.341 e. The van der Waals surface area contributed by atoms with Crippen molar-refractivity contribution in [3.8, 4) is 0 Å². The topological polar surface area (TPSA) is 61.0 Å². The summed E-state index contributed by atoms with van der Waals surface area (Å²) in [5.74, 6) is 0.992. The van der Waals surface area contributed by atoms with Gasteiger partial charge in [0.2, 0.25) is 5.95 Å². The van der Waals surface area contributed by atoms with Crippen molar-refractivity contribution in [2.45, 2.75) is 26.2 Å². The molecule has 1 aromatic heterocycles. The molecule has 1 fully saturated rings. The Morgan fingerprint density at radius 1 is 1.35 bits per heavy atom. The third kappa shape index (κ3) is 3.06. The zero-order valence-corrected chi connectivity index (χ0v) is 10.5. The summed E-state index contributed by atoms with van der Waals surface area (Å²) in [6, 6.07) is 1.59. The Bertz CT molecular complexity index is 419. The fourth-order valence-corrected chi connectivity index (χ4v) is 1.97. The van der Waals surface area contributed by atoms with Gasteiger partial charge in [0.15, 0.2) is 0 Å². The fourth-order valence-electron chi connectivity index (χ4n) is 1.97. The smallest absolute Gasteiger partial charge is 0.252 e. The number of aromatic amines is 1. The second-order valence-electron chi connectivity index (χ2n) is 4.74. The molecule has 1 aliphatic heterocycles. The molecule has 2 N–H and O–H groups in total. The highest BCUT2D eigenvalue weighted by molar-refractivity contribution is 5.31. The van der Waals surface area contributed by atoms with E-state index < -0.39 is 0 Å². The summed E-state index contributed by atoms with van der Waals surface area (Å²) in [6.45, 7) is 7.91. The zero-order valence-electron chi connectivity index (χ0n) is 10.5. The molecule has 17 heavy (non-hydrogen) atoms. The Morgan fingerprint density at radius 2 is 2.18 bits per heavy atom. The maximum absolute atomic E-state index is 11.6. The number of nitrogens with zero attached hydrogens (tertiary/aromatic N) is 2. The van der Waals surface area contributed by atoms with Crippen LogP contribution in [0.1, 0.15) is 31.9 Å². The standard InChI is InChI=1S/C12H20N4O/c1-9(2)10-8-11(17)15-12(14-10)16-6-3-4-13-5-7-16/h8-9,13H,3-7H2,1-2H3,(H,14,15,17). The van der Waals surface area contributed by atoms with Crippen LogP contribution in [0, 0.1) is 0 Å². The summed E-state index contributed by atoms with van der Waals surface area (Å²) in [7, 11) is 0. The molecule has 0 bridgehead atoms. The second kappa shape index (κ2) is 5.31. The minimum atomic E-state index is -0.0593. The lowest BCUT2D eigenvalue weighted by Crippen LogP contribution is -2.31. The van der Waals surface area contributed by atoms with E-state index in [0.717, 1.165) is 38.3 Å². The van der Waals surface area contributed by atoms with Gasteiger partial charge in [-0.15, -0.1) is 0 Å². The highest BCUT2D eigenvalue weighted by atomic mass is 16.1. The van der Waals surface area contributed by atoms with Crippen LogP contribution in [0.25, 0.3) is 0 Å². The molecular weight excluding hydrogens is 216 g/mol. The third-order valence-electron chi connectivity index (χ3n) is 2.98. The van der Waals surface area contributed by atoms with Crippen LogP contribution in [-0.2, 0) is 0 Å². The Labute approximate surface area is 101 Å². The molecule has 2 rings (SSSR count). The molecule has 94 valence electrons. The molecule has 0 radical (unpaired) electrons. The van der Waals surface area contributed by atoms with Crippen molar-refractivity contribution in [2.75, 3.05) is 31.1 Å². The van der Waals surface area contributed by atoms with Gasteiger partial charge >= 0.3 is 0 Å². The van der Waals surface area contributed by atoms with E-state index in [1.807, 2.05) is 0 Å². The van der Waals surface area contributed by atoms with E-state index in [4.69, 9.17) is 0 Å². The SMILES string of the molecule is CC(C)c1cc(=O)[nH]c(N2CCCNCC2)n1. The summed E-state index contributed by atoms with van der Waals surface area (Å²) in [5, 5.41) is 3.34. The predicted molar refractivity (Wildman–Crippen MR) is 68.6 cm³/mol. The van der Waals surface area contributed by atoms with Crippen molar-refractivity contribution in [2.24, 2.45) is 0 Å². The quantitative estimate of drug-likeness (QED) is 0.793. The zero-order chi connectivity index (χ0) is 12.3. The van der Waals surface area contributed by atoms with Crippen LogP contribution in [-0.4, -0.2) is 36.1 Å². The summed E-state index contributed by atoms with van der Waals surface area (Å²) in [6.07, 6.45) is 1.08. The summed E-state index contributed by atoms with van der Waals surface area (Å²) in [5.41, 5.74) is 0.803. The first kappa shape index (κ1) is 12.1. The molecule has 5 heteroatoms. The van der Waals surface area contributed by atoms with E-state index in [1.165, 1.54) is 0 Å². The van der Waals surface area contributed by atoms with E-state index >= 15 is 0 Å². The van der Waals surface area contributed by atoms with Gasteiger partial charge in [-0.1, -0.05) is 13.8 Å². The van der Waals surface area contributed by atoms with Gasteiger partial charge in [-0.3, -0.25) is 9.78 Å². The summed E-state index contributed by atoms with van der Waals surface area (Å²) >= 11 is 0. The van der Waals surface area contributed by atoms with Gasteiger partial charge in [0.1, 0.15) is 0 Å². The van der Waals surface area contributed by atoms with Gasteiger partial charge in [-0.2, -0.15) is 0 Å². The minimum Gasteiger partial charge on any atom is -0.341 e. The Balaban J connectivity index is 2.27. The molecule has 0 saturated carbocycles. The van der Waals surface area contributed by atoms with E-state index in [9.17, 15) is 4.79 Å². The summed E-state index contributed by atoms with van der Waals surface area (Å²) < 4.78 is 0. The maximum atomic E-state index is 11.6. The molecular formula is C12H20N4O. The first-order chi connectivity index (χ1) is 8.16. The molecule has 0 aromatic carbocycles. The lowest BCUT2D eigenvalue weighted by molar-refractivity contribution is 0.724. The van der Waals surface area contributed by atoms with Gasteiger partial charge in [-0.25, -0.2) is 4.98 Å². The molecule has 0 spiro atoms. The summed E-state index contributed by atoms with van der Waals surface area (Å²) in [4.78, 5) is 21.1. The van der Waals surface area contributed by atoms with E-state index in [2.05, 4.69) is 34.0 Å². The van der Waals surface area contributed by atoms with Crippen LogP contribution in [0.15, 0.2) is 10.9 Å². The third-order valence-corrected chi connectivity index (χ3v) is 2.98. The molecule has 0 amide bonds. The Hall–Kier alpha value is -1.36. The maximum Gasteiger partial charge on any atom is 0.252 e. The molecule has 0 atom stereocenters. The fraction of sp³-hybridized carbons (Fsp3) is 0.667. The first-order valence-corrected chi connectivity index (χ1v) is 6.24. The normalized spacial score (nSPS) is 17.2. The van der Waals surface area contributed by atoms with Crippen LogP contribution < -0.4 is 15.8 Å². The number of hydrogen-bond acceptors (Lipinski definition) is 4. The van der Waals surface area contributed by atoms with Gasteiger partial charge in [0, 0.05) is 25.7 Å². The average Bonchev–Trinajstić information content (AvgIpc) is 2.56. The van der Waals surface area contributed by atoms with Crippen molar-refractivity contribution in [3.63, 3.8) is 0 Å². The van der Waals surface area contributed by atoms with Crippen molar-refractivity contribution in [1.29, 1.82) is 0 Å². The number of nitrogens with one attached hydrogen (secondary N) is 2. The lowest BCUT2D eigenvalue weighted by Gasteiger charge is -2.21. The molecule has 1 aromatic rings. The van der Waals surface area contributed by atoms with Crippen LogP contribution in [0.4, 0.5) is 5.95 Å². The Morgan fingerprint density at radius 3 is 2.94 bits per heavy atom. The molecule has 0 aliphatic carbocycles. The van der Waals surface area contributed by atoms with Crippen molar-refractivity contribution in [1.82, 2.24) is 15.3 Å². The minimum absolute atomic E-state index is 0.0593.